The Kier molecular flexibility index (Phi) is 2.15. The third kappa shape index (κ3) is 1.37. The second-order valence-electron chi connectivity index (χ2n) is 3.05. The van der Waals surface area contributed by atoms with Gasteiger partial charge in [-0.2, -0.15) is 0 Å². The van der Waals surface area contributed by atoms with E-state index >= 15 is 0 Å². The van der Waals surface area contributed by atoms with Gasteiger partial charge < -0.3 is 15.3 Å². The number of carboxylic acids is 1. The first kappa shape index (κ1) is 9.97. The van der Waals surface area contributed by atoms with Gasteiger partial charge in [0.1, 0.15) is 11.8 Å². The fourth-order valence-electron chi connectivity index (χ4n) is 1.45. The molecule has 5 nitrogen and oxygen atoms in total. The summed E-state index contributed by atoms with van der Waals surface area (Å²) in [6.45, 7) is 1.58. The molecule has 0 aromatic carbocycles. The van der Waals surface area contributed by atoms with Crippen LogP contribution in [0.25, 0.3) is 11.1 Å². The Morgan fingerprint density at radius 1 is 1.67 bits per heavy atom. The van der Waals surface area contributed by atoms with Crippen molar-refractivity contribution in [2.45, 2.75) is 6.92 Å². The largest absolute Gasteiger partial charge is 0.478 e. The third-order valence-electron chi connectivity index (χ3n) is 2.11. The van der Waals surface area contributed by atoms with Crippen LogP contribution in [0.1, 0.15) is 16.1 Å². The van der Waals surface area contributed by atoms with Gasteiger partial charge in [0.15, 0.2) is 0 Å². The minimum absolute atomic E-state index is 0.0181. The highest BCUT2D eigenvalue weighted by Crippen LogP contribution is 2.33. The molecule has 0 aliphatic heterocycles. The summed E-state index contributed by atoms with van der Waals surface area (Å²) in [6, 6.07) is 0. The quantitative estimate of drug-likeness (QED) is 0.829. The zero-order chi connectivity index (χ0) is 11.2. The van der Waals surface area contributed by atoms with Gasteiger partial charge in [0.2, 0.25) is 5.71 Å². The van der Waals surface area contributed by atoms with E-state index in [9.17, 15) is 4.79 Å². The average Bonchev–Trinajstić information content (AvgIpc) is 2.46. The van der Waals surface area contributed by atoms with Gasteiger partial charge in [-0.25, -0.2) is 9.78 Å². The lowest BCUT2D eigenvalue weighted by atomic mass is 10.1. The Morgan fingerprint density at radius 2 is 2.33 bits per heavy atom. The number of anilines is 1. The van der Waals surface area contributed by atoms with E-state index in [1.807, 2.05) is 0 Å². The summed E-state index contributed by atoms with van der Waals surface area (Å²) in [4.78, 5) is 15.0. The molecule has 2 aromatic rings. The van der Waals surface area contributed by atoms with Gasteiger partial charge in [0.25, 0.3) is 0 Å². The van der Waals surface area contributed by atoms with E-state index in [1.54, 1.807) is 6.92 Å². The lowest BCUT2D eigenvalue weighted by Gasteiger charge is -2.04. The SMILES string of the molecule is Cc1nc2occ(Br)c2c(N)c1C(=O)O. The van der Waals surface area contributed by atoms with Gasteiger partial charge >= 0.3 is 5.97 Å². The number of carboxylic acid groups (broad SMARTS) is 1. The summed E-state index contributed by atoms with van der Waals surface area (Å²) in [5, 5.41) is 9.47. The molecule has 0 amide bonds. The van der Waals surface area contributed by atoms with Crippen LogP contribution < -0.4 is 5.73 Å². The number of aryl methyl sites for hydroxylation is 1. The summed E-state index contributed by atoms with van der Waals surface area (Å²) in [5.41, 5.74) is 6.62. The molecule has 0 aliphatic rings. The Hall–Kier alpha value is -1.56. The molecule has 0 aliphatic carbocycles. The predicted octanol–water partition coefficient (Wildman–Crippen LogP) is 2.18. The number of nitrogen functional groups attached to an aromatic ring is 1. The highest BCUT2D eigenvalue weighted by molar-refractivity contribution is 9.10. The van der Waals surface area contributed by atoms with E-state index in [4.69, 9.17) is 15.3 Å². The van der Waals surface area contributed by atoms with Crippen LogP contribution in [-0.2, 0) is 0 Å². The maximum absolute atomic E-state index is 11.0. The first-order valence-electron chi connectivity index (χ1n) is 4.08. The Morgan fingerprint density at radius 3 is 2.93 bits per heavy atom. The molecule has 0 saturated carbocycles. The van der Waals surface area contributed by atoms with Gasteiger partial charge in [0.05, 0.1) is 21.2 Å². The minimum atomic E-state index is -1.09. The average molecular weight is 271 g/mol. The van der Waals surface area contributed by atoms with Crippen LogP contribution in [0.3, 0.4) is 0 Å². The predicted molar refractivity (Wildman–Crippen MR) is 57.8 cm³/mol. The van der Waals surface area contributed by atoms with Crippen molar-refractivity contribution in [3.8, 4) is 0 Å². The molecule has 0 radical (unpaired) electrons. The summed E-state index contributed by atoms with van der Waals surface area (Å²) in [6.07, 6.45) is 1.43. The zero-order valence-electron chi connectivity index (χ0n) is 7.74. The number of hydrogen-bond acceptors (Lipinski definition) is 4. The standard InChI is InChI=1S/C9H7BrN2O3/c1-3-5(9(13)14)7(11)6-4(10)2-15-8(6)12-3/h2H,1H3,(H2,11,12)(H,13,14). The summed E-state index contributed by atoms with van der Waals surface area (Å²) < 4.78 is 5.72. The van der Waals surface area contributed by atoms with Crippen molar-refractivity contribution in [3.05, 3.63) is 22.0 Å². The molecular formula is C9H7BrN2O3. The van der Waals surface area contributed by atoms with E-state index in [-0.39, 0.29) is 11.3 Å². The van der Waals surface area contributed by atoms with Crippen molar-refractivity contribution in [3.63, 3.8) is 0 Å². The molecule has 0 unspecified atom stereocenters. The van der Waals surface area contributed by atoms with Crippen molar-refractivity contribution < 1.29 is 14.3 Å². The van der Waals surface area contributed by atoms with Crippen LogP contribution in [0.4, 0.5) is 5.69 Å². The van der Waals surface area contributed by atoms with Crippen LogP contribution in [-0.4, -0.2) is 16.1 Å². The molecule has 2 heterocycles. The number of nitrogens with two attached hydrogens (primary N) is 1. The number of aromatic carboxylic acids is 1. The first-order chi connectivity index (χ1) is 7.02. The summed E-state index contributed by atoms with van der Waals surface area (Å²) in [7, 11) is 0. The fraction of sp³-hybridized carbons (Fsp3) is 0.111. The first-order valence-corrected chi connectivity index (χ1v) is 4.87. The Bertz CT molecular complexity index is 562. The van der Waals surface area contributed by atoms with E-state index in [0.29, 0.717) is 21.3 Å². The number of nitrogens with zero attached hydrogens (tertiary/aromatic N) is 1. The maximum Gasteiger partial charge on any atom is 0.339 e. The van der Waals surface area contributed by atoms with Crippen molar-refractivity contribution in [1.82, 2.24) is 4.98 Å². The number of halogens is 1. The number of hydrogen-bond donors (Lipinski definition) is 2. The van der Waals surface area contributed by atoms with E-state index in [0.717, 1.165) is 0 Å². The van der Waals surface area contributed by atoms with E-state index in [1.165, 1.54) is 6.26 Å². The number of furan rings is 1. The molecule has 78 valence electrons. The normalized spacial score (nSPS) is 10.8. The number of aromatic nitrogens is 1. The molecular weight excluding hydrogens is 264 g/mol. The molecule has 3 N–H and O–H groups in total. The van der Waals surface area contributed by atoms with Crippen molar-refractivity contribution >= 4 is 38.7 Å². The molecule has 0 atom stereocenters. The van der Waals surface area contributed by atoms with Crippen molar-refractivity contribution in [1.29, 1.82) is 0 Å². The van der Waals surface area contributed by atoms with Crippen LogP contribution in [0.2, 0.25) is 0 Å². The van der Waals surface area contributed by atoms with Gasteiger partial charge in [-0.1, -0.05) is 0 Å². The van der Waals surface area contributed by atoms with Crippen molar-refractivity contribution in [2.24, 2.45) is 0 Å². The topological polar surface area (TPSA) is 89.4 Å². The number of pyridine rings is 1. The zero-order valence-corrected chi connectivity index (χ0v) is 9.33. The van der Waals surface area contributed by atoms with Crippen LogP contribution in [0.5, 0.6) is 0 Å². The molecule has 2 aromatic heterocycles. The van der Waals surface area contributed by atoms with E-state index < -0.39 is 5.97 Å². The molecule has 2 rings (SSSR count). The molecule has 0 fully saturated rings. The van der Waals surface area contributed by atoms with Gasteiger partial charge in [-0.05, 0) is 22.9 Å². The summed E-state index contributed by atoms with van der Waals surface area (Å²) >= 11 is 3.22. The number of fused-ring (bicyclic) bond motifs is 1. The van der Waals surface area contributed by atoms with Crippen molar-refractivity contribution in [2.75, 3.05) is 5.73 Å². The Labute approximate surface area is 93.0 Å². The lowest BCUT2D eigenvalue weighted by molar-refractivity contribution is 0.0697. The number of rotatable bonds is 1. The maximum atomic E-state index is 11.0. The third-order valence-corrected chi connectivity index (χ3v) is 2.69. The molecule has 15 heavy (non-hydrogen) atoms. The van der Waals surface area contributed by atoms with Crippen LogP contribution >= 0.6 is 15.9 Å². The highest BCUT2D eigenvalue weighted by atomic mass is 79.9. The highest BCUT2D eigenvalue weighted by Gasteiger charge is 2.19. The molecule has 6 heteroatoms. The van der Waals surface area contributed by atoms with Crippen LogP contribution in [0.15, 0.2) is 15.2 Å². The van der Waals surface area contributed by atoms with E-state index in [2.05, 4.69) is 20.9 Å². The van der Waals surface area contributed by atoms with Gasteiger partial charge in [-0.15, -0.1) is 0 Å². The van der Waals surface area contributed by atoms with Gasteiger partial charge in [0, 0.05) is 0 Å². The molecule has 0 spiro atoms. The second kappa shape index (κ2) is 3.23. The monoisotopic (exact) mass is 270 g/mol. The summed E-state index contributed by atoms with van der Waals surface area (Å²) in [5.74, 6) is -1.09. The second-order valence-corrected chi connectivity index (χ2v) is 3.91. The molecule has 0 saturated heterocycles. The lowest BCUT2D eigenvalue weighted by Crippen LogP contribution is -2.07. The number of carbonyl (C=O) groups is 1. The minimum Gasteiger partial charge on any atom is -0.478 e. The Balaban J connectivity index is 2.93. The fourth-order valence-corrected chi connectivity index (χ4v) is 1.93. The van der Waals surface area contributed by atoms with Crippen LogP contribution in [0, 0.1) is 6.92 Å². The van der Waals surface area contributed by atoms with Gasteiger partial charge in [-0.3, -0.25) is 0 Å². The molecule has 0 bridgehead atoms. The smallest absolute Gasteiger partial charge is 0.339 e.